The molecule has 3 N–H and O–H groups in total. The number of fused-ring (bicyclic) bond motifs is 1. The third kappa shape index (κ3) is 4.42. The number of halogens is 1. The first-order valence-electron chi connectivity index (χ1n) is 10.2. The summed E-state index contributed by atoms with van der Waals surface area (Å²) in [4.78, 5) is 16.3. The van der Waals surface area contributed by atoms with Gasteiger partial charge in [0.25, 0.3) is 13.3 Å². The number of carbonyl (C=O) groups is 1. The highest BCUT2D eigenvalue weighted by Crippen LogP contribution is 2.47. The number of nitrogens with one attached hydrogen (secondary N) is 2. The van der Waals surface area contributed by atoms with Gasteiger partial charge < -0.3 is 14.8 Å². The Balaban J connectivity index is 1.87. The van der Waals surface area contributed by atoms with Crippen LogP contribution in [0.4, 0.5) is 0 Å². The molecular weight excluding hydrogens is 475 g/mol. The summed E-state index contributed by atoms with van der Waals surface area (Å²) in [5.74, 6) is -0.513. The van der Waals surface area contributed by atoms with E-state index in [0.717, 1.165) is 10.3 Å². The SMILES string of the molecule is COP(=O)(c1cc(C)cc(C#N)c1)c1c(C(=O)NCc2ccc[n+](O)c2)[nH]c2ccc(Cl)cc12. The van der Waals surface area contributed by atoms with Gasteiger partial charge in [-0.3, -0.25) is 14.6 Å². The molecule has 34 heavy (non-hydrogen) atoms. The summed E-state index contributed by atoms with van der Waals surface area (Å²) in [5.41, 5.74) is 2.35. The Morgan fingerprint density at radius 1 is 1.29 bits per heavy atom. The standard InChI is InChI=1S/C24H20ClN4O4P/c1-15-8-17(12-26)10-19(9-15)34(32,33-2)23-20-11-18(25)5-6-21(20)28-22(23)24(30)27-13-16-4-3-7-29(31)14-16/h3-11,14H,13H2,1-2H3,(H2-,27,28,30,31,32)/p+1. The molecule has 1 amide bonds. The number of rotatable bonds is 6. The van der Waals surface area contributed by atoms with Gasteiger partial charge in [0.1, 0.15) is 5.69 Å². The van der Waals surface area contributed by atoms with Gasteiger partial charge in [0.15, 0.2) is 0 Å². The minimum Gasteiger partial charge on any atom is -0.350 e. The monoisotopic (exact) mass is 495 g/mol. The van der Waals surface area contributed by atoms with Crippen LogP contribution in [0.15, 0.2) is 60.9 Å². The van der Waals surface area contributed by atoms with E-state index in [-0.39, 0.29) is 17.5 Å². The lowest BCUT2D eigenvalue weighted by molar-refractivity contribution is -0.905. The number of hydrogen-bond acceptors (Lipinski definition) is 5. The van der Waals surface area contributed by atoms with Crippen molar-refractivity contribution in [2.24, 2.45) is 0 Å². The fourth-order valence-corrected chi connectivity index (χ4v) is 6.29. The van der Waals surface area contributed by atoms with Gasteiger partial charge in [-0.2, -0.15) is 5.26 Å². The highest BCUT2D eigenvalue weighted by molar-refractivity contribution is 7.75. The number of aromatic amines is 1. The Morgan fingerprint density at radius 3 is 2.79 bits per heavy atom. The van der Waals surface area contributed by atoms with Gasteiger partial charge in [0, 0.05) is 51.2 Å². The molecule has 0 radical (unpaired) electrons. The maximum Gasteiger partial charge on any atom is 0.268 e. The quantitative estimate of drug-likeness (QED) is 0.215. The number of hydrogen-bond donors (Lipinski definition) is 3. The topological polar surface area (TPSA) is 119 Å². The second-order valence-corrected chi connectivity index (χ2v) is 10.6. The molecule has 172 valence electrons. The normalized spacial score (nSPS) is 12.8. The third-order valence-corrected chi connectivity index (χ3v) is 8.08. The lowest BCUT2D eigenvalue weighted by atomic mass is 10.2. The molecular formula is C24H21ClN4O4P+. The number of nitriles is 1. The van der Waals surface area contributed by atoms with Gasteiger partial charge in [-0.15, -0.1) is 0 Å². The van der Waals surface area contributed by atoms with Crippen molar-refractivity contribution < 1.29 is 23.8 Å². The molecule has 10 heteroatoms. The molecule has 0 saturated heterocycles. The lowest BCUT2D eigenvalue weighted by Gasteiger charge is -2.19. The molecule has 0 fully saturated rings. The van der Waals surface area contributed by atoms with Gasteiger partial charge in [-0.25, -0.2) is 0 Å². The summed E-state index contributed by atoms with van der Waals surface area (Å²) in [6.07, 6.45) is 2.92. The minimum atomic E-state index is -3.83. The lowest BCUT2D eigenvalue weighted by Crippen LogP contribution is -2.32. The van der Waals surface area contributed by atoms with Crippen molar-refractivity contribution in [2.75, 3.05) is 7.11 Å². The van der Waals surface area contributed by atoms with E-state index in [9.17, 15) is 19.8 Å². The van der Waals surface area contributed by atoms with Crippen LogP contribution in [0.5, 0.6) is 0 Å². The third-order valence-electron chi connectivity index (χ3n) is 5.34. The zero-order valence-corrected chi connectivity index (χ0v) is 20.0. The molecule has 2 aromatic heterocycles. The van der Waals surface area contributed by atoms with Crippen LogP contribution in [-0.4, -0.2) is 23.2 Å². The summed E-state index contributed by atoms with van der Waals surface area (Å²) in [6.45, 7) is 1.91. The number of aromatic nitrogens is 2. The fraction of sp³-hybridized carbons (Fsp3) is 0.125. The molecule has 0 saturated carbocycles. The number of H-pyrrole nitrogens is 1. The van der Waals surface area contributed by atoms with E-state index in [0.29, 0.717) is 32.4 Å². The van der Waals surface area contributed by atoms with E-state index in [4.69, 9.17) is 16.1 Å². The number of pyridine rings is 1. The van der Waals surface area contributed by atoms with Crippen LogP contribution in [0.25, 0.3) is 10.9 Å². The zero-order chi connectivity index (χ0) is 24.5. The number of nitrogens with zero attached hydrogens (tertiary/aromatic N) is 2. The molecule has 1 unspecified atom stereocenters. The number of carbonyl (C=O) groups excluding carboxylic acids is 1. The molecule has 4 rings (SSSR count). The van der Waals surface area contributed by atoms with Crippen LogP contribution in [0.2, 0.25) is 5.02 Å². The second-order valence-electron chi connectivity index (χ2n) is 7.72. The maximum absolute atomic E-state index is 14.4. The van der Waals surface area contributed by atoms with E-state index in [1.165, 1.54) is 25.6 Å². The smallest absolute Gasteiger partial charge is 0.268 e. The van der Waals surface area contributed by atoms with Crippen molar-refractivity contribution in [3.05, 3.63) is 88.3 Å². The van der Waals surface area contributed by atoms with Crippen LogP contribution >= 0.6 is 19.0 Å². The van der Waals surface area contributed by atoms with Crippen molar-refractivity contribution in [1.82, 2.24) is 10.3 Å². The van der Waals surface area contributed by atoms with E-state index in [1.54, 1.807) is 49.4 Å². The molecule has 8 nitrogen and oxygen atoms in total. The maximum atomic E-state index is 14.4. The molecule has 4 aromatic rings. The summed E-state index contributed by atoms with van der Waals surface area (Å²) in [7, 11) is -2.52. The van der Waals surface area contributed by atoms with Crippen molar-refractivity contribution in [2.45, 2.75) is 13.5 Å². The van der Waals surface area contributed by atoms with Gasteiger partial charge >= 0.3 is 0 Å². The summed E-state index contributed by atoms with van der Waals surface area (Å²) in [6, 6.07) is 15.3. The summed E-state index contributed by atoms with van der Waals surface area (Å²) < 4.78 is 20.9. The van der Waals surface area contributed by atoms with Crippen LogP contribution in [-0.2, 0) is 15.6 Å². The molecule has 0 aliphatic heterocycles. The van der Waals surface area contributed by atoms with E-state index < -0.39 is 13.3 Å². The number of amides is 1. The van der Waals surface area contributed by atoms with Crippen LogP contribution < -0.4 is 20.7 Å². The Kier molecular flexibility index (Phi) is 6.45. The molecule has 0 aliphatic rings. The highest BCUT2D eigenvalue weighted by Gasteiger charge is 2.36. The van der Waals surface area contributed by atoms with E-state index in [2.05, 4.69) is 16.4 Å². The summed E-state index contributed by atoms with van der Waals surface area (Å²) >= 11 is 6.23. The molecule has 0 aliphatic carbocycles. The minimum absolute atomic E-state index is 0.0651. The van der Waals surface area contributed by atoms with Crippen molar-refractivity contribution >= 4 is 46.4 Å². The molecule has 0 spiro atoms. The average molecular weight is 496 g/mol. The van der Waals surface area contributed by atoms with Crippen molar-refractivity contribution in [3.63, 3.8) is 0 Å². The van der Waals surface area contributed by atoms with Crippen molar-refractivity contribution in [3.8, 4) is 6.07 Å². The van der Waals surface area contributed by atoms with Gasteiger partial charge in [-0.1, -0.05) is 11.6 Å². The highest BCUT2D eigenvalue weighted by atomic mass is 35.5. The Hall–Kier alpha value is -3.63. The van der Waals surface area contributed by atoms with Gasteiger partial charge in [-0.05, 0) is 55.0 Å². The number of benzene rings is 2. The second kappa shape index (κ2) is 9.32. The van der Waals surface area contributed by atoms with Crippen LogP contribution in [0.1, 0.15) is 27.2 Å². The van der Waals surface area contributed by atoms with Gasteiger partial charge in [0.2, 0.25) is 12.4 Å². The molecule has 0 bridgehead atoms. The first-order chi connectivity index (χ1) is 16.2. The first kappa shape index (κ1) is 23.5. The first-order valence-corrected chi connectivity index (χ1v) is 12.2. The molecule has 1 atom stereocenters. The zero-order valence-electron chi connectivity index (χ0n) is 18.4. The largest absolute Gasteiger partial charge is 0.350 e. The molecule has 2 heterocycles. The molecule has 2 aromatic carbocycles. The number of aryl methyl sites for hydroxylation is 1. The van der Waals surface area contributed by atoms with Crippen molar-refractivity contribution in [1.29, 1.82) is 5.26 Å². The summed E-state index contributed by atoms with van der Waals surface area (Å²) in [5, 5.41) is 23.2. The van der Waals surface area contributed by atoms with Crippen LogP contribution in [0.3, 0.4) is 0 Å². The van der Waals surface area contributed by atoms with Crippen LogP contribution in [0, 0.1) is 18.3 Å². The predicted molar refractivity (Wildman–Crippen MR) is 128 cm³/mol. The Labute approximate surface area is 200 Å². The average Bonchev–Trinajstić information content (AvgIpc) is 3.21. The Morgan fingerprint density at radius 2 is 2.09 bits per heavy atom. The van der Waals surface area contributed by atoms with E-state index >= 15 is 0 Å². The van der Waals surface area contributed by atoms with Gasteiger partial charge in [0.05, 0.1) is 16.9 Å². The van der Waals surface area contributed by atoms with E-state index in [1.807, 2.05) is 0 Å². The Bertz CT molecular complexity index is 1510. The predicted octanol–water partition coefficient (Wildman–Crippen LogP) is 3.33. The fourth-order valence-electron chi connectivity index (χ4n) is 3.83.